The highest BCUT2D eigenvalue weighted by Crippen LogP contribution is 2.31. The Hall–Kier alpha value is -2.66. The number of hydrogen-bond donors (Lipinski definition) is 2. The van der Waals surface area contributed by atoms with Gasteiger partial charge in [0.05, 0.1) is 12.3 Å². The average Bonchev–Trinajstić information content (AvgIpc) is 3.07. The zero-order chi connectivity index (χ0) is 17.8. The SMILES string of the molecule is Cc1cccc2c1N(C(=O)C(=O)NCCc1ccc(CO)cc1)CC2. The molecule has 0 bridgehead atoms. The highest BCUT2D eigenvalue weighted by atomic mass is 16.3. The first-order valence-electron chi connectivity index (χ1n) is 8.47. The van der Waals surface area contributed by atoms with Gasteiger partial charge in [0.2, 0.25) is 0 Å². The fraction of sp³-hybridized carbons (Fsp3) is 0.300. The number of aliphatic hydroxyl groups is 1. The molecule has 0 aromatic heterocycles. The molecule has 3 rings (SSSR count). The number of aliphatic hydroxyl groups excluding tert-OH is 1. The standard InChI is InChI=1S/C20H22N2O3/c1-14-3-2-4-17-10-12-22(18(14)17)20(25)19(24)21-11-9-15-5-7-16(13-23)8-6-15/h2-8,23H,9-13H2,1H3,(H,21,24). The lowest BCUT2D eigenvalue weighted by atomic mass is 10.1. The molecule has 0 saturated carbocycles. The van der Waals surface area contributed by atoms with Crippen LogP contribution in [0.2, 0.25) is 0 Å². The molecule has 0 fully saturated rings. The summed E-state index contributed by atoms with van der Waals surface area (Å²) in [5.41, 5.74) is 4.91. The molecule has 2 N–H and O–H groups in total. The number of amides is 2. The van der Waals surface area contributed by atoms with Crippen molar-refractivity contribution < 1.29 is 14.7 Å². The Kier molecular flexibility index (Phi) is 5.14. The molecule has 1 aliphatic heterocycles. The minimum atomic E-state index is -0.567. The number of carbonyl (C=O) groups is 2. The third-order valence-corrected chi connectivity index (χ3v) is 4.54. The number of fused-ring (bicyclic) bond motifs is 1. The molecule has 25 heavy (non-hydrogen) atoms. The summed E-state index contributed by atoms with van der Waals surface area (Å²) < 4.78 is 0. The minimum absolute atomic E-state index is 0.0161. The Labute approximate surface area is 147 Å². The summed E-state index contributed by atoms with van der Waals surface area (Å²) in [5, 5.41) is 11.7. The van der Waals surface area contributed by atoms with Crippen LogP contribution in [-0.2, 0) is 29.0 Å². The molecule has 0 spiro atoms. The summed E-state index contributed by atoms with van der Waals surface area (Å²) in [6, 6.07) is 13.5. The predicted octanol–water partition coefficient (Wildman–Crippen LogP) is 1.74. The van der Waals surface area contributed by atoms with Crippen molar-refractivity contribution in [3.8, 4) is 0 Å². The van der Waals surface area contributed by atoms with Crippen molar-refractivity contribution in [3.05, 3.63) is 64.7 Å². The smallest absolute Gasteiger partial charge is 0.316 e. The van der Waals surface area contributed by atoms with Crippen LogP contribution in [0.4, 0.5) is 5.69 Å². The number of anilines is 1. The highest BCUT2D eigenvalue weighted by molar-refractivity contribution is 6.40. The van der Waals surface area contributed by atoms with Crippen molar-refractivity contribution >= 4 is 17.5 Å². The number of aryl methyl sites for hydroxylation is 1. The van der Waals surface area contributed by atoms with E-state index in [0.29, 0.717) is 19.5 Å². The molecule has 130 valence electrons. The minimum Gasteiger partial charge on any atom is -0.392 e. The first kappa shape index (κ1) is 17.2. The highest BCUT2D eigenvalue weighted by Gasteiger charge is 2.29. The van der Waals surface area contributed by atoms with Crippen LogP contribution in [-0.4, -0.2) is 30.0 Å². The van der Waals surface area contributed by atoms with E-state index in [2.05, 4.69) is 5.32 Å². The quantitative estimate of drug-likeness (QED) is 0.834. The van der Waals surface area contributed by atoms with Crippen molar-refractivity contribution in [3.63, 3.8) is 0 Å². The maximum absolute atomic E-state index is 12.5. The summed E-state index contributed by atoms with van der Waals surface area (Å²) in [6.45, 7) is 2.92. The molecule has 1 heterocycles. The summed E-state index contributed by atoms with van der Waals surface area (Å²) in [5.74, 6) is -1.06. The van der Waals surface area contributed by atoms with E-state index in [1.165, 1.54) is 0 Å². The van der Waals surface area contributed by atoms with Crippen LogP contribution in [0.3, 0.4) is 0 Å². The van der Waals surface area contributed by atoms with Gasteiger partial charge in [0.15, 0.2) is 0 Å². The van der Waals surface area contributed by atoms with Crippen molar-refractivity contribution in [1.29, 1.82) is 0 Å². The molecule has 0 unspecified atom stereocenters. The summed E-state index contributed by atoms with van der Waals surface area (Å²) in [6.07, 6.45) is 1.42. The Morgan fingerprint density at radius 3 is 2.56 bits per heavy atom. The van der Waals surface area contributed by atoms with Crippen LogP contribution in [0.15, 0.2) is 42.5 Å². The van der Waals surface area contributed by atoms with Crippen molar-refractivity contribution in [2.75, 3.05) is 18.0 Å². The molecule has 2 aromatic rings. The molecule has 1 aliphatic rings. The van der Waals surface area contributed by atoms with Gasteiger partial charge in [-0.15, -0.1) is 0 Å². The summed E-state index contributed by atoms with van der Waals surface area (Å²) >= 11 is 0. The lowest BCUT2D eigenvalue weighted by Gasteiger charge is -2.18. The van der Waals surface area contributed by atoms with E-state index in [1.807, 2.05) is 49.4 Å². The van der Waals surface area contributed by atoms with Crippen molar-refractivity contribution in [2.45, 2.75) is 26.4 Å². The van der Waals surface area contributed by atoms with Crippen LogP contribution in [0.1, 0.15) is 22.3 Å². The van der Waals surface area contributed by atoms with Crippen LogP contribution in [0.25, 0.3) is 0 Å². The summed E-state index contributed by atoms with van der Waals surface area (Å²) in [4.78, 5) is 26.3. The molecule has 5 nitrogen and oxygen atoms in total. The summed E-state index contributed by atoms with van der Waals surface area (Å²) in [7, 11) is 0. The number of carbonyl (C=O) groups excluding carboxylic acids is 2. The van der Waals surface area contributed by atoms with Gasteiger partial charge < -0.3 is 15.3 Å². The maximum Gasteiger partial charge on any atom is 0.316 e. The van der Waals surface area contributed by atoms with Crippen LogP contribution < -0.4 is 10.2 Å². The van der Waals surface area contributed by atoms with Gasteiger partial charge in [-0.2, -0.15) is 0 Å². The second-order valence-corrected chi connectivity index (χ2v) is 6.27. The Balaban J connectivity index is 1.56. The van der Waals surface area contributed by atoms with Crippen molar-refractivity contribution in [2.24, 2.45) is 0 Å². The maximum atomic E-state index is 12.5. The number of nitrogens with one attached hydrogen (secondary N) is 1. The van der Waals surface area contributed by atoms with Crippen LogP contribution in [0, 0.1) is 6.92 Å². The van der Waals surface area contributed by atoms with Crippen LogP contribution >= 0.6 is 0 Å². The number of hydrogen-bond acceptors (Lipinski definition) is 3. The molecular weight excluding hydrogens is 316 g/mol. The van der Waals surface area contributed by atoms with E-state index < -0.39 is 11.8 Å². The third kappa shape index (κ3) is 3.72. The van der Waals surface area contributed by atoms with E-state index in [0.717, 1.165) is 34.4 Å². The number of nitrogens with zero attached hydrogens (tertiary/aromatic N) is 1. The Morgan fingerprint density at radius 2 is 1.84 bits per heavy atom. The monoisotopic (exact) mass is 338 g/mol. The van der Waals surface area contributed by atoms with E-state index in [4.69, 9.17) is 5.11 Å². The van der Waals surface area contributed by atoms with E-state index in [1.54, 1.807) is 4.90 Å². The van der Waals surface area contributed by atoms with Gasteiger partial charge in [0.25, 0.3) is 0 Å². The number of para-hydroxylation sites is 1. The molecule has 2 aromatic carbocycles. The molecule has 2 amide bonds. The third-order valence-electron chi connectivity index (χ3n) is 4.54. The zero-order valence-electron chi connectivity index (χ0n) is 14.3. The number of rotatable bonds is 4. The molecule has 0 aliphatic carbocycles. The molecule has 5 heteroatoms. The van der Waals surface area contributed by atoms with Gasteiger partial charge in [0, 0.05) is 13.1 Å². The van der Waals surface area contributed by atoms with E-state index in [-0.39, 0.29) is 6.61 Å². The zero-order valence-corrected chi connectivity index (χ0v) is 14.3. The lowest BCUT2D eigenvalue weighted by Crippen LogP contribution is -2.43. The Morgan fingerprint density at radius 1 is 1.12 bits per heavy atom. The fourth-order valence-corrected chi connectivity index (χ4v) is 3.18. The van der Waals surface area contributed by atoms with Gasteiger partial charge in [-0.3, -0.25) is 9.59 Å². The second kappa shape index (κ2) is 7.49. The second-order valence-electron chi connectivity index (χ2n) is 6.27. The lowest BCUT2D eigenvalue weighted by molar-refractivity contribution is -0.137. The first-order valence-corrected chi connectivity index (χ1v) is 8.47. The molecule has 0 saturated heterocycles. The van der Waals surface area contributed by atoms with E-state index >= 15 is 0 Å². The molecule has 0 radical (unpaired) electrons. The van der Waals surface area contributed by atoms with Gasteiger partial charge in [0.1, 0.15) is 0 Å². The molecular formula is C20H22N2O3. The van der Waals surface area contributed by atoms with Crippen molar-refractivity contribution in [1.82, 2.24) is 5.32 Å². The van der Waals surface area contributed by atoms with Gasteiger partial charge >= 0.3 is 11.8 Å². The molecule has 0 atom stereocenters. The van der Waals surface area contributed by atoms with Gasteiger partial charge in [-0.1, -0.05) is 42.5 Å². The first-order chi connectivity index (χ1) is 12.1. The number of benzene rings is 2. The topological polar surface area (TPSA) is 69.6 Å². The normalized spacial score (nSPS) is 12.8. The van der Waals surface area contributed by atoms with E-state index in [9.17, 15) is 9.59 Å². The van der Waals surface area contributed by atoms with Gasteiger partial charge in [-0.25, -0.2) is 0 Å². The average molecular weight is 338 g/mol. The predicted molar refractivity (Wildman–Crippen MR) is 96.3 cm³/mol. The fourth-order valence-electron chi connectivity index (χ4n) is 3.18. The van der Waals surface area contributed by atoms with Gasteiger partial charge in [-0.05, 0) is 42.0 Å². The van der Waals surface area contributed by atoms with Crippen LogP contribution in [0.5, 0.6) is 0 Å². The largest absolute Gasteiger partial charge is 0.392 e. The Bertz CT molecular complexity index is 784.